The summed E-state index contributed by atoms with van der Waals surface area (Å²) in [5, 5.41) is 51.4. The number of phenols is 2. The number of rotatable bonds is 5. The number of carbonyl (C=O) groups is 4. The number of hydrogen-bond acceptors (Lipinski definition) is 9. The minimum Gasteiger partial charge on any atom is -0.507 e. The first-order valence-electron chi connectivity index (χ1n) is 11.7. The molecule has 0 amide bonds. The smallest absolute Gasteiger partial charge is 0.311 e. The molecule has 196 valence electrons. The number of hydrogen-bond donors (Lipinski definition) is 5. The number of phenolic OH excluding ortho intramolecular Hbond substituents is 2. The number of aliphatic hydroxyl groups is 1. The summed E-state index contributed by atoms with van der Waals surface area (Å²) >= 11 is 0. The average molecular weight is 530 g/mol. The number of carboxylic acids is 2. The van der Waals surface area contributed by atoms with Gasteiger partial charge in [0.05, 0.1) is 22.9 Å². The summed E-state index contributed by atoms with van der Waals surface area (Å²) in [5.74, 6) is -5.03. The lowest BCUT2D eigenvalue weighted by molar-refractivity contribution is -0.140. The normalized spacial score (nSPS) is 17.0. The van der Waals surface area contributed by atoms with Crippen molar-refractivity contribution < 1.29 is 53.9 Å². The van der Waals surface area contributed by atoms with Crippen LogP contribution < -0.4 is 4.74 Å². The van der Waals surface area contributed by atoms with Crippen molar-refractivity contribution >= 4 is 50.8 Å². The Labute approximate surface area is 217 Å². The van der Waals surface area contributed by atoms with Gasteiger partial charge in [0.15, 0.2) is 17.7 Å². The van der Waals surface area contributed by atoms with Crippen molar-refractivity contribution in [1.29, 1.82) is 0 Å². The first-order chi connectivity index (χ1) is 18.6. The van der Waals surface area contributed by atoms with E-state index < -0.39 is 54.3 Å². The molecule has 1 aliphatic carbocycles. The quantitative estimate of drug-likeness (QED) is 0.255. The van der Waals surface area contributed by atoms with Gasteiger partial charge >= 0.3 is 11.9 Å². The zero-order chi connectivity index (χ0) is 27.7. The molecule has 5 N–H and O–H groups in total. The van der Waals surface area contributed by atoms with Gasteiger partial charge in [-0.05, 0) is 18.2 Å². The van der Waals surface area contributed by atoms with Gasteiger partial charge in [-0.15, -0.1) is 0 Å². The van der Waals surface area contributed by atoms with Gasteiger partial charge in [0, 0.05) is 27.5 Å². The summed E-state index contributed by atoms with van der Waals surface area (Å²) in [6, 6.07) is 9.71. The van der Waals surface area contributed by atoms with Gasteiger partial charge in [0.2, 0.25) is 0 Å². The van der Waals surface area contributed by atoms with Crippen LogP contribution in [0.25, 0.3) is 27.3 Å². The summed E-state index contributed by atoms with van der Waals surface area (Å²) in [5.41, 5.74) is -0.948. The van der Waals surface area contributed by atoms with Crippen LogP contribution in [0.2, 0.25) is 0 Å². The molecule has 1 aromatic heterocycles. The molecule has 6 rings (SSSR count). The summed E-state index contributed by atoms with van der Waals surface area (Å²) < 4.78 is 11.9. The van der Waals surface area contributed by atoms with E-state index in [-0.39, 0.29) is 66.8 Å². The Balaban J connectivity index is 1.77. The molecule has 11 nitrogen and oxygen atoms in total. The number of benzene rings is 3. The second-order valence-electron chi connectivity index (χ2n) is 9.28. The summed E-state index contributed by atoms with van der Waals surface area (Å²) in [6.07, 6.45) is -4.74. The van der Waals surface area contributed by atoms with Crippen LogP contribution in [0.5, 0.6) is 17.2 Å². The number of ketones is 2. The van der Waals surface area contributed by atoms with Crippen molar-refractivity contribution in [3.8, 4) is 17.2 Å². The van der Waals surface area contributed by atoms with Gasteiger partial charge in [-0.25, -0.2) is 0 Å². The maximum absolute atomic E-state index is 14.0. The van der Waals surface area contributed by atoms with E-state index in [1.54, 1.807) is 6.07 Å². The van der Waals surface area contributed by atoms with E-state index in [2.05, 4.69) is 0 Å². The number of aliphatic carboxylic acids is 2. The highest BCUT2D eigenvalue weighted by molar-refractivity contribution is 6.44. The summed E-state index contributed by atoms with van der Waals surface area (Å²) in [4.78, 5) is 50.7. The highest BCUT2D eigenvalue weighted by Crippen LogP contribution is 2.53. The van der Waals surface area contributed by atoms with Crippen molar-refractivity contribution in [3.05, 3.63) is 70.5 Å². The Morgan fingerprint density at radius 3 is 2.33 bits per heavy atom. The Morgan fingerprint density at radius 1 is 0.897 bits per heavy atom. The highest BCUT2D eigenvalue weighted by atomic mass is 16.5. The van der Waals surface area contributed by atoms with E-state index >= 15 is 0 Å². The number of fused-ring (bicyclic) bond motifs is 8. The third-order valence-corrected chi connectivity index (χ3v) is 6.89. The zero-order valence-electron chi connectivity index (χ0n) is 19.8. The van der Waals surface area contributed by atoms with Gasteiger partial charge in [-0.1, -0.05) is 24.3 Å². The number of allylic oxidation sites excluding steroid dienone is 1. The lowest BCUT2D eigenvalue weighted by Crippen LogP contribution is -2.43. The van der Waals surface area contributed by atoms with Crippen molar-refractivity contribution in [2.45, 2.75) is 25.0 Å². The van der Waals surface area contributed by atoms with E-state index in [0.717, 1.165) is 0 Å². The van der Waals surface area contributed by atoms with Gasteiger partial charge in [-0.3, -0.25) is 19.2 Å². The third kappa shape index (κ3) is 3.47. The fraction of sp³-hybridized carbons (Fsp3) is 0.143. The maximum Gasteiger partial charge on any atom is 0.311 e. The molecule has 2 aliphatic rings. The summed E-state index contributed by atoms with van der Waals surface area (Å²) in [6.45, 7) is 0. The second-order valence-corrected chi connectivity index (χ2v) is 9.28. The minimum absolute atomic E-state index is 0.0135. The van der Waals surface area contributed by atoms with Crippen LogP contribution in [0.3, 0.4) is 0 Å². The molecular formula is C28H18O11. The topological polar surface area (TPSA) is 192 Å². The second kappa shape index (κ2) is 8.43. The van der Waals surface area contributed by atoms with Crippen LogP contribution >= 0.6 is 0 Å². The molecule has 0 spiro atoms. The highest BCUT2D eigenvalue weighted by Gasteiger charge is 2.47. The fourth-order valence-electron chi connectivity index (χ4n) is 5.38. The van der Waals surface area contributed by atoms with Gasteiger partial charge in [-0.2, -0.15) is 0 Å². The van der Waals surface area contributed by atoms with Crippen LogP contribution in [0.15, 0.2) is 52.5 Å². The number of ether oxygens (including phenoxy) is 1. The van der Waals surface area contributed by atoms with E-state index in [9.17, 15) is 44.7 Å². The Kier molecular flexibility index (Phi) is 5.23. The van der Waals surface area contributed by atoms with Gasteiger partial charge < -0.3 is 34.7 Å². The molecule has 3 aromatic carbocycles. The minimum atomic E-state index is -1.78. The first-order valence-corrected chi connectivity index (χ1v) is 11.7. The van der Waals surface area contributed by atoms with E-state index in [1.807, 2.05) is 0 Å². The van der Waals surface area contributed by atoms with Crippen LogP contribution in [-0.2, 0) is 16.0 Å². The lowest BCUT2D eigenvalue weighted by Gasteiger charge is -2.35. The van der Waals surface area contributed by atoms with E-state index in [1.165, 1.54) is 36.4 Å². The van der Waals surface area contributed by atoms with Crippen LogP contribution in [0.4, 0.5) is 0 Å². The van der Waals surface area contributed by atoms with Crippen LogP contribution in [0, 0.1) is 0 Å². The molecule has 4 aromatic rings. The average Bonchev–Trinajstić information content (AvgIpc) is 3.28. The standard InChI is InChI=1S/C28H18O11/c29-14-5-1-3-11-19(14)25(37)22-21-13-7-10(8-17(32)33)38-26(13)12-4-2-6-15(30)20(12)28(21)39-27(23(22)24(11)36)16(31)9-18(34)35/h1-7,16,27,29-31H,8-9H2,(H,32,33)(H,34,35)/t16-,27?/m1/s1. The van der Waals surface area contributed by atoms with Crippen molar-refractivity contribution in [1.82, 2.24) is 0 Å². The molecule has 1 aliphatic heterocycles. The molecule has 0 fully saturated rings. The molecule has 11 heteroatoms. The molecule has 0 bridgehead atoms. The van der Waals surface area contributed by atoms with Crippen molar-refractivity contribution in [2.75, 3.05) is 0 Å². The molecule has 0 saturated heterocycles. The molecule has 0 saturated carbocycles. The SMILES string of the molecule is O=C(O)Cc1cc2c3c(c4c(O)cccc4c2o1)OC([C@H](O)CC(=O)O)C1=C3C(=O)c2c(O)cccc2C1=O. The van der Waals surface area contributed by atoms with Gasteiger partial charge in [0.25, 0.3) is 0 Å². The lowest BCUT2D eigenvalue weighted by atomic mass is 9.75. The number of furan rings is 1. The maximum atomic E-state index is 14.0. The largest absolute Gasteiger partial charge is 0.507 e. The number of carboxylic acid groups (broad SMARTS) is 2. The van der Waals surface area contributed by atoms with E-state index in [4.69, 9.17) is 9.15 Å². The van der Waals surface area contributed by atoms with Crippen molar-refractivity contribution in [3.63, 3.8) is 0 Å². The predicted octanol–water partition coefficient (Wildman–Crippen LogP) is 3.05. The predicted molar refractivity (Wildman–Crippen MR) is 133 cm³/mol. The zero-order valence-corrected chi connectivity index (χ0v) is 19.8. The molecular weight excluding hydrogens is 512 g/mol. The molecule has 39 heavy (non-hydrogen) atoms. The van der Waals surface area contributed by atoms with Gasteiger partial charge in [0.1, 0.15) is 41.1 Å². The number of aromatic hydroxyl groups is 2. The molecule has 1 unspecified atom stereocenters. The first kappa shape index (κ1) is 24.2. The fourth-order valence-corrected chi connectivity index (χ4v) is 5.38. The third-order valence-electron chi connectivity index (χ3n) is 6.89. The number of carbonyl (C=O) groups excluding carboxylic acids is 2. The molecule has 2 heterocycles. The Hall–Kier alpha value is -5.16. The number of Topliss-reactive ketones (excluding diaryl/α,β-unsaturated/α-hetero) is 2. The number of aliphatic hydroxyl groups excluding tert-OH is 1. The summed E-state index contributed by atoms with van der Waals surface area (Å²) in [7, 11) is 0. The van der Waals surface area contributed by atoms with Crippen molar-refractivity contribution in [2.24, 2.45) is 0 Å². The molecule has 0 radical (unpaired) electrons. The van der Waals surface area contributed by atoms with Crippen LogP contribution in [-0.4, -0.2) is 61.2 Å². The Morgan fingerprint density at radius 2 is 1.62 bits per heavy atom. The van der Waals surface area contributed by atoms with Crippen LogP contribution in [0.1, 0.15) is 38.5 Å². The monoisotopic (exact) mass is 530 g/mol. The molecule has 2 atom stereocenters. The van der Waals surface area contributed by atoms with E-state index in [0.29, 0.717) is 0 Å². The Bertz CT molecular complexity index is 1820.